The first-order chi connectivity index (χ1) is 5.13. The number of hydrogen-bond donors (Lipinski definition) is 0. The molecule has 0 aromatic rings. The first-order valence-electron chi connectivity index (χ1n) is 2.94. The largest absolute Gasteiger partial charge is 0.595 e. The minimum absolute atomic E-state index is 0.0506. The monoisotopic (exact) mass is 198 g/mol. The first kappa shape index (κ1) is 11.1. The van der Waals surface area contributed by atoms with Gasteiger partial charge in [0.1, 0.15) is 0 Å². The third-order valence-electron chi connectivity index (χ3n) is 0.836. The Hall–Kier alpha value is 0.0800. The van der Waals surface area contributed by atoms with E-state index in [1.807, 2.05) is 0 Å². The van der Waals surface area contributed by atoms with Gasteiger partial charge in [-0.15, -0.1) is 0 Å². The van der Waals surface area contributed by atoms with E-state index in [2.05, 4.69) is 4.74 Å². The molecule has 0 aromatic heterocycles. The quantitative estimate of drug-likeness (QED) is 0.412. The molecule has 0 saturated carbocycles. The zero-order chi connectivity index (χ0) is 8.69. The Kier molecular flexibility index (Phi) is 6.82. The average molecular weight is 198 g/mol. The fourth-order valence-electron chi connectivity index (χ4n) is 0.380. The van der Waals surface area contributed by atoms with Crippen LogP contribution in [0.3, 0.4) is 0 Å². The lowest BCUT2D eigenvalue weighted by molar-refractivity contribution is -0.164. The van der Waals surface area contributed by atoms with Crippen molar-refractivity contribution in [3.8, 4) is 0 Å². The zero-order valence-corrected chi connectivity index (χ0v) is 7.55. The van der Waals surface area contributed by atoms with Gasteiger partial charge in [0.2, 0.25) is 0 Å². The Labute approximate surface area is 66.1 Å². The summed E-state index contributed by atoms with van der Waals surface area (Å²) < 4.78 is 24.6. The summed E-state index contributed by atoms with van der Waals surface area (Å²) in [6.07, 6.45) is -0.101. The summed E-state index contributed by atoms with van der Waals surface area (Å²) in [5, 5.41) is 0. The Morgan fingerprint density at radius 1 is 1.00 bits per heavy atom. The first-order valence-corrected chi connectivity index (χ1v) is 5.67. The summed E-state index contributed by atoms with van der Waals surface area (Å²) in [4.78, 5) is 19.9. The number of rotatable bonds is 6. The molecule has 0 aliphatic heterocycles. The van der Waals surface area contributed by atoms with Crippen LogP contribution < -0.4 is 9.79 Å². The van der Waals surface area contributed by atoms with Crippen molar-refractivity contribution in [1.29, 1.82) is 0 Å². The van der Waals surface area contributed by atoms with Gasteiger partial charge in [0.05, 0.1) is 13.2 Å². The maximum absolute atomic E-state index is 9.93. The van der Waals surface area contributed by atoms with Crippen molar-refractivity contribution in [3.63, 3.8) is 0 Å². The molecule has 0 spiro atoms. The second-order valence-electron chi connectivity index (χ2n) is 1.73. The van der Waals surface area contributed by atoms with Crippen LogP contribution >= 0.6 is 16.1 Å². The molecule has 0 rings (SSSR count). The van der Waals surface area contributed by atoms with Gasteiger partial charge in [-0.25, -0.2) is 0 Å². The van der Waals surface area contributed by atoms with E-state index in [9.17, 15) is 18.9 Å². The number of hydrogen-bond acceptors (Lipinski definition) is 5. The molecular weight excluding hydrogens is 190 g/mol. The molecule has 0 N–H and O–H groups in total. The van der Waals surface area contributed by atoms with E-state index in [0.29, 0.717) is 0 Å². The standard InChI is InChI=1S/C4H8O5P2/c5-10(6)3-1-9-2-4-11(7)8/h1-4H2. The summed E-state index contributed by atoms with van der Waals surface area (Å²) in [7, 11) is -4.82. The van der Waals surface area contributed by atoms with E-state index in [4.69, 9.17) is 0 Å². The van der Waals surface area contributed by atoms with Gasteiger partial charge in [-0.05, 0) is 0 Å². The Balaban J connectivity index is 3.03. The molecule has 0 heterocycles. The molecule has 0 aromatic carbocycles. The summed E-state index contributed by atoms with van der Waals surface area (Å²) in [5.41, 5.74) is 0. The molecule has 0 aliphatic carbocycles. The highest BCUT2D eigenvalue weighted by Crippen LogP contribution is 2.07. The maximum Gasteiger partial charge on any atom is 0.311 e. The Morgan fingerprint density at radius 2 is 1.36 bits per heavy atom. The molecule has 0 amide bonds. The van der Waals surface area contributed by atoms with E-state index in [1.54, 1.807) is 0 Å². The van der Waals surface area contributed by atoms with Gasteiger partial charge in [-0.2, -0.15) is 0 Å². The van der Waals surface area contributed by atoms with Crippen LogP contribution in [0.5, 0.6) is 0 Å². The van der Waals surface area contributed by atoms with E-state index >= 15 is 0 Å². The molecule has 2 unspecified atom stereocenters. The molecule has 0 aliphatic rings. The van der Waals surface area contributed by atoms with Crippen LogP contribution in [0.25, 0.3) is 0 Å². The van der Waals surface area contributed by atoms with Crippen molar-refractivity contribution in [2.24, 2.45) is 0 Å². The molecule has 0 fully saturated rings. The second kappa shape index (κ2) is 6.77. The van der Waals surface area contributed by atoms with Gasteiger partial charge in [-0.3, -0.25) is 0 Å². The second-order valence-corrected chi connectivity index (χ2v) is 3.95. The third kappa shape index (κ3) is 10.1. The Bertz CT molecular complexity index is 131. The molecule has 0 radical (unpaired) electrons. The predicted octanol–water partition coefficient (Wildman–Crippen LogP) is -0.792. The normalized spacial score (nSPS) is 12.9. The lowest BCUT2D eigenvalue weighted by Gasteiger charge is -1.94. The lowest BCUT2D eigenvalue weighted by Crippen LogP contribution is -2.05. The summed E-state index contributed by atoms with van der Waals surface area (Å²) >= 11 is 0. The fourth-order valence-corrected chi connectivity index (χ4v) is 0.937. The van der Waals surface area contributed by atoms with Crippen molar-refractivity contribution in [3.05, 3.63) is 0 Å². The summed E-state index contributed by atoms with van der Waals surface area (Å²) in [6, 6.07) is 0. The minimum Gasteiger partial charge on any atom is -0.595 e. The molecule has 64 valence electrons. The van der Waals surface area contributed by atoms with Gasteiger partial charge in [-0.1, -0.05) is 9.13 Å². The van der Waals surface area contributed by atoms with Crippen molar-refractivity contribution in [2.75, 3.05) is 25.5 Å². The lowest BCUT2D eigenvalue weighted by atomic mass is 10.8. The van der Waals surface area contributed by atoms with Crippen molar-refractivity contribution >= 4 is 16.1 Å². The minimum atomic E-state index is -2.41. The van der Waals surface area contributed by atoms with Gasteiger partial charge < -0.3 is 14.5 Å². The van der Waals surface area contributed by atoms with E-state index in [1.165, 1.54) is 0 Å². The average Bonchev–Trinajstić information content (AvgIpc) is 1.85. The van der Waals surface area contributed by atoms with Gasteiger partial charge >= 0.3 is 16.1 Å². The van der Waals surface area contributed by atoms with Crippen LogP contribution in [0.1, 0.15) is 0 Å². The van der Waals surface area contributed by atoms with Crippen LogP contribution in [0.2, 0.25) is 0 Å². The van der Waals surface area contributed by atoms with Crippen LogP contribution in [-0.2, 0) is 13.9 Å². The van der Waals surface area contributed by atoms with Crippen molar-refractivity contribution in [2.45, 2.75) is 0 Å². The molecule has 0 saturated heterocycles. The van der Waals surface area contributed by atoms with Gasteiger partial charge in [0.25, 0.3) is 0 Å². The molecule has 11 heavy (non-hydrogen) atoms. The number of ether oxygens (including phenoxy) is 1. The third-order valence-corrected chi connectivity index (χ3v) is 1.93. The van der Waals surface area contributed by atoms with Crippen LogP contribution in [-0.4, -0.2) is 25.5 Å². The molecule has 0 bridgehead atoms. The molecule has 2 atom stereocenters. The highest BCUT2D eigenvalue weighted by molar-refractivity contribution is 7.36. The SMILES string of the molecule is O=[P+]([O-])CCOCC[P+](=O)[O-]. The highest BCUT2D eigenvalue weighted by atomic mass is 31.1. The molecular formula is C4H8O5P2. The highest BCUT2D eigenvalue weighted by Gasteiger charge is 2.02. The Morgan fingerprint density at radius 3 is 1.64 bits per heavy atom. The predicted molar refractivity (Wildman–Crippen MR) is 35.8 cm³/mol. The van der Waals surface area contributed by atoms with E-state index in [-0.39, 0.29) is 25.5 Å². The molecule has 7 heteroatoms. The fraction of sp³-hybridized carbons (Fsp3) is 1.00. The zero-order valence-electron chi connectivity index (χ0n) is 5.76. The van der Waals surface area contributed by atoms with Crippen molar-refractivity contribution in [1.82, 2.24) is 0 Å². The molecule has 5 nitrogen and oxygen atoms in total. The topological polar surface area (TPSA) is 89.5 Å². The summed E-state index contributed by atoms with van der Waals surface area (Å²) in [5.74, 6) is 0. The van der Waals surface area contributed by atoms with Crippen LogP contribution in [0.4, 0.5) is 0 Å². The van der Waals surface area contributed by atoms with Gasteiger partial charge in [0, 0.05) is 0 Å². The smallest absolute Gasteiger partial charge is 0.311 e. The van der Waals surface area contributed by atoms with Crippen LogP contribution in [0.15, 0.2) is 0 Å². The maximum atomic E-state index is 9.93. The summed E-state index contributed by atoms with van der Waals surface area (Å²) in [6.45, 7) is 0.143. The van der Waals surface area contributed by atoms with E-state index in [0.717, 1.165) is 0 Å². The van der Waals surface area contributed by atoms with Crippen LogP contribution in [0, 0.1) is 0 Å². The van der Waals surface area contributed by atoms with Crippen molar-refractivity contribution < 1.29 is 23.7 Å². The van der Waals surface area contributed by atoms with E-state index < -0.39 is 16.1 Å². The van der Waals surface area contributed by atoms with Gasteiger partial charge in [0.15, 0.2) is 12.3 Å².